The summed E-state index contributed by atoms with van der Waals surface area (Å²) in [5, 5.41) is 11.4. The zero-order chi connectivity index (χ0) is 17.1. The van der Waals surface area contributed by atoms with Crippen LogP contribution in [0.15, 0.2) is 46.2 Å². The zero-order valence-corrected chi connectivity index (χ0v) is 14.0. The summed E-state index contributed by atoms with van der Waals surface area (Å²) in [4.78, 5) is 25.3. The average Bonchev–Trinajstić information content (AvgIpc) is 2.50. The van der Waals surface area contributed by atoms with Crippen LogP contribution in [0.5, 0.6) is 0 Å². The first-order valence-corrected chi connectivity index (χ1v) is 7.72. The van der Waals surface area contributed by atoms with Crippen molar-refractivity contribution in [2.24, 2.45) is 0 Å². The van der Waals surface area contributed by atoms with Gasteiger partial charge in [0.25, 0.3) is 11.6 Å². The van der Waals surface area contributed by atoms with Crippen molar-refractivity contribution in [2.45, 2.75) is 9.79 Å². The molecule has 0 aromatic heterocycles. The molecule has 2 N–H and O–H groups in total. The minimum atomic E-state index is -0.463. The maximum atomic E-state index is 12.3. The topological polar surface area (TPSA) is 89.5 Å². The average molecular weight is 352 g/mol. The van der Waals surface area contributed by atoms with Crippen molar-refractivity contribution in [1.82, 2.24) is 4.90 Å². The van der Waals surface area contributed by atoms with Crippen LogP contribution in [0.25, 0.3) is 0 Å². The van der Waals surface area contributed by atoms with Crippen molar-refractivity contribution in [1.29, 1.82) is 0 Å². The van der Waals surface area contributed by atoms with E-state index in [1.54, 1.807) is 38.4 Å². The smallest absolute Gasteiger partial charge is 0.283 e. The summed E-state index contributed by atoms with van der Waals surface area (Å²) in [6.45, 7) is 0. The lowest BCUT2D eigenvalue weighted by Gasteiger charge is -2.15. The number of para-hydroxylation sites is 1. The van der Waals surface area contributed by atoms with Gasteiger partial charge in [0.05, 0.1) is 26.1 Å². The van der Waals surface area contributed by atoms with E-state index in [1.165, 1.54) is 17.0 Å². The number of nitrogens with zero attached hydrogens (tertiary/aromatic N) is 2. The Bertz CT molecular complexity index is 781. The summed E-state index contributed by atoms with van der Waals surface area (Å²) in [7, 11) is 3.23. The summed E-state index contributed by atoms with van der Waals surface area (Å²) >= 11 is 7.12. The molecule has 0 fully saturated rings. The second-order valence-electron chi connectivity index (χ2n) is 4.90. The van der Waals surface area contributed by atoms with Gasteiger partial charge in [0.15, 0.2) is 0 Å². The molecule has 1 amide bonds. The van der Waals surface area contributed by atoms with Crippen LogP contribution in [0, 0.1) is 10.1 Å². The molecule has 0 radical (unpaired) electrons. The number of anilines is 1. The lowest BCUT2D eigenvalue weighted by Crippen LogP contribution is -2.22. The fourth-order valence-electron chi connectivity index (χ4n) is 1.87. The normalized spacial score (nSPS) is 10.4. The lowest BCUT2D eigenvalue weighted by molar-refractivity contribution is -0.387. The summed E-state index contributed by atoms with van der Waals surface area (Å²) in [6.07, 6.45) is 0. The fourth-order valence-corrected chi connectivity index (χ4v) is 3.11. The standard InChI is InChI=1S/C15H14ClN3O3S/c1-18(2)15(20)9-7-10(16)11(17)8-14(9)23-13-6-4-3-5-12(13)19(21)22/h3-8H,17H2,1-2H3. The Morgan fingerprint density at radius 3 is 2.52 bits per heavy atom. The van der Waals surface area contributed by atoms with Crippen molar-refractivity contribution < 1.29 is 9.72 Å². The Hall–Kier alpha value is -2.25. The number of carbonyl (C=O) groups is 1. The molecule has 23 heavy (non-hydrogen) atoms. The number of benzene rings is 2. The van der Waals surface area contributed by atoms with Crippen LogP contribution >= 0.6 is 23.4 Å². The number of nitrogens with two attached hydrogens (primary N) is 1. The van der Waals surface area contributed by atoms with E-state index in [1.807, 2.05) is 0 Å². The number of amides is 1. The van der Waals surface area contributed by atoms with Gasteiger partial charge in [0, 0.05) is 25.1 Å². The third kappa shape index (κ3) is 3.75. The van der Waals surface area contributed by atoms with Crippen LogP contribution in [0.3, 0.4) is 0 Å². The monoisotopic (exact) mass is 351 g/mol. The molecule has 0 unspecified atom stereocenters. The summed E-state index contributed by atoms with van der Waals surface area (Å²) in [6, 6.07) is 9.36. The van der Waals surface area contributed by atoms with Crippen LogP contribution in [0.2, 0.25) is 5.02 Å². The third-order valence-electron chi connectivity index (χ3n) is 3.02. The van der Waals surface area contributed by atoms with Gasteiger partial charge in [-0.15, -0.1) is 0 Å². The number of hydrogen-bond acceptors (Lipinski definition) is 5. The van der Waals surface area contributed by atoms with E-state index >= 15 is 0 Å². The molecule has 2 aromatic carbocycles. The van der Waals surface area contributed by atoms with Crippen molar-refractivity contribution in [3.63, 3.8) is 0 Å². The van der Waals surface area contributed by atoms with Crippen LogP contribution in [0.1, 0.15) is 10.4 Å². The van der Waals surface area contributed by atoms with Crippen LogP contribution in [-0.4, -0.2) is 29.8 Å². The SMILES string of the molecule is CN(C)C(=O)c1cc(Cl)c(N)cc1Sc1ccccc1[N+](=O)[O-]. The zero-order valence-electron chi connectivity index (χ0n) is 12.4. The molecular weight excluding hydrogens is 338 g/mol. The van der Waals surface area contributed by atoms with Crippen molar-refractivity contribution >= 4 is 40.6 Å². The molecule has 0 bridgehead atoms. The lowest BCUT2D eigenvalue weighted by atomic mass is 10.2. The second kappa shape index (κ2) is 6.89. The molecule has 0 spiro atoms. The third-order valence-corrected chi connectivity index (χ3v) is 4.47. The van der Waals surface area contributed by atoms with Gasteiger partial charge >= 0.3 is 0 Å². The predicted octanol–water partition coefficient (Wildman–Crippen LogP) is 3.68. The predicted molar refractivity (Wildman–Crippen MR) is 91.1 cm³/mol. The molecule has 2 rings (SSSR count). The van der Waals surface area contributed by atoms with E-state index in [2.05, 4.69) is 0 Å². The quantitative estimate of drug-likeness (QED) is 0.515. The van der Waals surface area contributed by atoms with Gasteiger partial charge in [-0.2, -0.15) is 0 Å². The molecule has 2 aromatic rings. The highest BCUT2D eigenvalue weighted by molar-refractivity contribution is 7.99. The molecule has 0 saturated heterocycles. The Morgan fingerprint density at radius 2 is 1.91 bits per heavy atom. The summed E-state index contributed by atoms with van der Waals surface area (Å²) in [5.74, 6) is -0.256. The molecule has 0 aliphatic heterocycles. The van der Waals surface area contributed by atoms with E-state index in [0.29, 0.717) is 21.0 Å². The van der Waals surface area contributed by atoms with Gasteiger partial charge in [-0.25, -0.2) is 0 Å². The highest BCUT2D eigenvalue weighted by Gasteiger charge is 2.20. The van der Waals surface area contributed by atoms with E-state index < -0.39 is 4.92 Å². The largest absolute Gasteiger partial charge is 0.397 e. The van der Waals surface area contributed by atoms with Crippen LogP contribution in [0.4, 0.5) is 11.4 Å². The number of nitrogen functional groups attached to an aromatic ring is 1. The van der Waals surface area contributed by atoms with Gasteiger partial charge in [-0.3, -0.25) is 14.9 Å². The van der Waals surface area contributed by atoms with Gasteiger partial charge in [-0.1, -0.05) is 35.5 Å². The fraction of sp³-hybridized carbons (Fsp3) is 0.133. The van der Waals surface area contributed by atoms with Crippen LogP contribution < -0.4 is 5.73 Å². The summed E-state index contributed by atoms with van der Waals surface area (Å²) < 4.78 is 0. The van der Waals surface area contributed by atoms with E-state index in [9.17, 15) is 14.9 Å². The molecule has 0 aliphatic rings. The molecule has 0 saturated carbocycles. The molecule has 0 heterocycles. The maximum Gasteiger partial charge on any atom is 0.283 e. The van der Waals surface area contributed by atoms with Gasteiger partial charge in [-0.05, 0) is 18.2 Å². The number of nitro groups is 1. The Morgan fingerprint density at radius 1 is 1.26 bits per heavy atom. The minimum Gasteiger partial charge on any atom is -0.397 e. The molecule has 0 atom stereocenters. The Kier molecular flexibility index (Phi) is 5.12. The number of carbonyl (C=O) groups excluding carboxylic acids is 1. The van der Waals surface area contributed by atoms with Gasteiger partial charge in [0.2, 0.25) is 0 Å². The first-order valence-electron chi connectivity index (χ1n) is 6.53. The molecular formula is C15H14ClN3O3S. The van der Waals surface area contributed by atoms with Gasteiger partial charge < -0.3 is 10.6 Å². The maximum absolute atomic E-state index is 12.3. The number of hydrogen-bond donors (Lipinski definition) is 1. The number of nitro benzene ring substituents is 1. The highest BCUT2D eigenvalue weighted by atomic mass is 35.5. The first-order chi connectivity index (χ1) is 10.8. The van der Waals surface area contributed by atoms with Crippen molar-refractivity contribution in [3.05, 3.63) is 57.1 Å². The molecule has 120 valence electrons. The Labute approximate surface area is 142 Å². The molecule has 8 heteroatoms. The molecule has 6 nitrogen and oxygen atoms in total. The summed E-state index contributed by atoms with van der Waals surface area (Å²) in [5.41, 5.74) is 6.43. The van der Waals surface area contributed by atoms with Crippen LogP contribution in [-0.2, 0) is 0 Å². The first kappa shape index (κ1) is 17.1. The number of rotatable bonds is 4. The van der Waals surface area contributed by atoms with Gasteiger partial charge in [0.1, 0.15) is 0 Å². The molecule has 0 aliphatic carbocycles. The number of halogens is 1. The Balaban J connectivity index is 2.54. The second-order valence-corrected chi connectivity index (χ2v) is 6.39. The van der Waals surface area contributed by atoms with E-state index in [-0.39, 0.29) is 16.6 Å². The minimum absolute atomic E-state index is 0.0331. The van der Waals surface area contributed by atoms with Crippen molar-refractivity contribution in [2.75, 3.05) is 19.8 Å². The van der Waals surface area contributed by atoms with E-state index in [0.717, 1.165) is 11.8 Å². The van der Waals surface area contributed by atoms with E-state index in [4.69, 9.17) is 17.3 Å². The highest BCUT2D eigenvalue weighted by Crippen LogP contribution is 2.39. The van der Waals surface area contributed by atoms with Crippen molar-refractivity contribution in [3.8, 4) is 0 Å².